The zero-order chi connectivity index (χ0) is 17.4. The van der Waals surface area contributed by atoms with Crippen LogP contribution in [0.2, 0.25) is 0 Å². The Labute approximate surface area is 135 Å². The van der Waals surface area contributed by atoms with Crippen molar-refractivity contribution in [2.75, 3.05) is 19.0 Å². The van der Waals surface area contributed by atoms with Crippen LogP contribution in [0.3, 0.4) is 0 Å². The van der Waals surface area contributed by atoms with Gasteiger partial charge in [0.05, 0.1) is 20.0 Å². The molecule has 3 heterocycles. The average molecular weight is 339 g/mol. The Bertz CT molecular complexity index is 765. The molecule has 0 spiro atoms. The number of fused-ring (bicyclic) bond motifs is 1. The molecule has 4 N–H and O–H groups in total. The highest BCUT2D eigenvalue weighted by molar-refractivity contribution is 5.88. The fraction of sp³-hybridized carbons (Fsp3) is 0.538. The number of nitrogens with zero attached hydrogens (tertiary/aromatic N) is 4. The number of carbonyl (C=O) groups is 1. The van der Waals surface area contributed by atoms with E-state index in [2.05, 4.69) is 20.3 Å². The van der Waals surface area contributed by atoms with Gasteiger partial charge in [0.15, 0.2) is 17.4 Å². The maximum atomic E-state index is 11.2. The molecular formula is C13H17N5O6. The van der Waals surface area contributed by atoms with Crippen molar-refractivity contribution in [2.45, 2.75) is 31.5 Å². The fourth-order valence-electron chi connectivity index (χ4n) is 2.54. The zero-order valence-electron chi connectivity index (χ0n) is 12.9. The molecule has 0 aliphatic carbocycles. The number of hydrogen-bond donors (Lipinski definition) is 4. The van der Waals surface area contributed by atoms with Gasteiger partial charge >= 0.3 is 0 Å². The summed E-state index contributed by atoms with van der Waals surface area (Å²) in [7, 11) is 1.39. The lowest BCUT2D eigenvalue weighted by molar-refractivity contribution is -0.114. The molecule has 0 aromatic carbocycles. The minimum Gasteiger partial charge on any atom is -0.479 e. The largest absolute Gasteiger partial charge is 0.479 e. The SMILES string of the molecule is COc1nc(NC(C)=O)nc2c1ncn2C1OC(CO)C(O)C1O. The minimum absolute atomic E-state index is 0.000318. The third kappa shape index (κ3) is 2.67. The molecule has 0 saturated carbocycles. The van der Waals surface area contributed by atoms with E-state index in [-0.39, 0.29) is 23.4 Å². The molecule has 0 bridgehead atoms. The first-order valence-electron chi connectivity index (χ1n) is 7.15. The summed E-state index contributed by atoms with van der Waals surface area (Å²) in [5, 5.41) is 31.7. The highest BCUT2D eigenvalue weighted by atomic mass is 16.6. The van der Waals surface area contributed by atoms with E-state index in [9.17, 15) is 20.1 Å². The van der Waals surface area contributed by atoms with Gasteiger partial charge in [-0.1, -0.05) is 0 Å². The monoisotopic (exact) mass is 339 g/mol. The highest BCUT2D eigenvalue weighted by Crippen LogP contribution is 2.33. The standard InChI is InChI=1S/C13H17N5O6/c1-5(20)15-13-16-10-7(11(17-13)23-2)14-4-18(10)12-9(22)8(21)6(3-19)24-12/h4,6,8-9,12,19,21-22H,3H2,1-2H3,(H,15,16,17,20). The Morgan fingerprint density at radius 3 is 2.75 bits per heavy atom. The van der Waals surface area contributed by atoms with Crippen LogP contribution in [0.4, 0.5) is 5.95 Å². The average Bonchev–Trinajstić information content (AvgIpc) is 3.08. The first kappa shape index (κ1) is 16.5. The molecule has 1 amide bonds. The Balaban J connectivity index is 2.07. The molecule has 11 nitrogen and oxygen atoms in total. The lowest BCUT2D eigenvalue weighted by Crippen LogP contribution is -2.33. The quantitative estimate of drug-likeness (QED) is 0.516. The van der Waals surface area contributed by atoms with E-state index in [0.29, 0.717) is 5.52 Å². The lowest BCUT2D eigenvalue weighted by Gasteiger charge is -2.16. The number of aliphatic hydroxyl groups excluding tert-OH is 3. The first-order chi connectivity index (χ1) is 11.5. The van der Waals surface area contributed by atoms with E-state index >= 15 is 0 Å². The van der Waals surface area contributed by atoms with Crippen LogP contribution in [-0.4, -0.2) is 72.8 Å². The van der Waals surface area contributed by atoms with E-state index in [1.807, 2.05) is 0 Å². The van der Waals surface area contributed by atoms with E-state index in [0.717, 1.165) is 0 Å². The number of rotatable bonds is 4. The zero-order valence-corrected chi connectivity index (χ0v) is 12.9. The second kappa shape index (κ2) is 6.28. The molecule has 3 rings (SSSR count). The van der Waals surface area contributed by atoms with Crippen molar-refractivity contribution in [3.8, 4) is 5.88 Å². The predicted molar refractivity (Wildman–Crippen MR) is 79.2 cm³/mol. The number of ether oxygens (including phenoxy) is 2. The van der Waals surface area contributed by atoms with Gasteiger partial charge in [0.1, 0.15) is 18.3 Å². The molecule has 1 fully saturated rings. The number of nitrogens with one attached hydrogen (secondary N) is 1. The maximum Gasteiger partial charge on any atom is 0.246 e. The smallest absolute Gasteiger partial charge is 0.246 e. The number of anilines is 1. The molecular weight excluding hydrogens is 322 g/mol. The molecule has 2 aromatic rings. The van der Waals surface area contributed by atoms with Gasteiger partial charge < -0.3 is 24.8 Å². The van der Waals surface area contributed by atoms with Crippen LogP contribution in [0.5, 0.6) is 5.88 Å². The van der Waals surface area contributed by atoms with E-state index in [1.165, 1.54) is 24.9 Å². The molecule has 130 valence electrons. The second-order valence-corrected chi connectivity index (χ2v) is 5.29. The summed E-state index contributed by atoms with van der Waals surface area (Å²) in [6.45, 7) is 0.861. The van der Waals surface area contributed by atoms with Crippen LogP contribution >= 0.6 is 0 Å². The third-order valence-corrected chi connectivity index (χ3v) is 3.66. The van der Waals surface area contributed by atoms with Crippen molar-refractivity contribution >= 4 is 23.0 Å². The summed E-state index contributed by atoms with van der Waals surface area (Å²) in [5.41, 5.74) is 0.532. The summed E-state index contributed by atoms with van der Waals surface area (Å²) >= 11 is 0. The van der Waals surface area contributed by atoms with Crippen molar-refractivity contribution in [3.63, 3.8) is 0 Å². The molecule has 4 atom stereocenters. The van der Waals surface area contributed by atoms with Gasteiger partial charge in [0.25, 0.3) is 0 Å². The number of amides is 1. The van der Waals surface area contributed by atoms with E-state index in [4.69, 9.17) is 9.47 Å². The topological polar surface area (TPSA) is 152 Å². The van der Waals surface area contributed by atoms with Crippen LogP contribution in [0, 0.1) is 0 Å². The summed E-state index contributed by atoms with van der Waals surface area (Å²) < 4.78 is 12.0. The van der Waals surface area contributed by atoms with Crippen LogP contribution in [-0.2, 0) is 9.53 Å². The van der Waals surface area contributed by atoms with E-state index in [1.54, 1.807) is 0 Å². The third-order valence-electron chi connectivity index (χ3n) is 3.66. The number of hydrogen-bond acceptors (Lipinski definition) is 9. The van der Waals surface area contributed by atoms with Gasteiger partial charge in [-0.2, -0.15) is 9.97 Å². The normalized spacial score (nSPS) is 26.7. The van der Waals surface area contributed by atoms with E-state index < -0.39 is 31.1 Å². The highest BCUT2D eigenvalue weighted by Gasteiger charge is 2.44. The van der Waals surface area contributed by atoms with Crippen LogP contribution in [0.25, 0.3) is 11.2 Å². The minimum atomic E-state index is -1.29. The van der Waals surface area contributed by atoms with Crippen LogP contribution < -0.4 is 10.1 Å². The van der Waals surface area contributed by atoms with Gasteiger partial charge in [-0.25, -0.2) is 4.98 Å². The van der Waals surface area contributed by atoms with Gasteiger partial charge in [-0.15, -0.1) is 0 Å². The Morgan fingerprint density at radius 2 is 2.17 bits per heavy atom. The summed E-state index contributed by atoms with van der Waals surface area (Å²) in [6.07, 6.45) is -3.13. The molecule has 4 unspecified atom stereocenters. The lowest BCUT2D eigenvalue weighted by atomic mass is 10.1. The molecule has 1 aliphatic rings. The Kier molecular flexibility index (Phi) is 4.32. The van der Waals surface area contributed by atoms with Crippen molar-refractivity contribution in [1.29, 1.82) is 0 Å². The molecule has 11 heteroatoms. The number of aromatic nitrogens is 4. The van der Waals surface area contributed by atoms with Gasteiger partial charge in [0, 0.05) is 6.92 Å². The van der Waals surface area contributed by atoms with Crippen molar-refractivity contribution in [3.05, 3.63) is 6.33 Å². The van der Waals surface area contributed by atoms with Gasteiger partial charge in [-0.3, -0.25) is 14.7 Å². The fourth-order valence-corrected chi connectivity index (χ4v) is 2.54. The number of methoxy groups -OCH3 is 1. The van der Waals surface area contributed by atoms with Crippen LogP contribution in [0.1, 0.15) is 13.2 Å². The van der Waals surface area contributed by atoms with Gasteiger partial charge in [0.2, 0.25) is 17.7 Å². The summed E-state index contributed by atoms with van der Waals surface area (Å²) in [6, 6.07) is 0. The van der Waals surface area contributed by atoms with Crippen LogP contribution in [0.15, 0.2) is 6.33 Å². The second-order valence-electron chi connectivity index (χ2n) is 5.29. The molecule has 0 radical (unpaired) electrons. The summed E-state index contributed by atoms with van der Waals surface area (Å²) in [4.78, 5) is 23.6. The number of imidazole rings is 1. The maximum absolute atomic E-state index is 11.2. The van der Waals surface area contributed by atoms with Crippen molar-refractivity contribution < 1.29 is 29.6 Å². The Morgan fingerprint density at radius 1 is 1.42 bits per heavy atom. The summed E-state index contributed by atoms with van der Waals surface area (Å²) in [5.74, 6) is -0.232. The number of aliphatic hydroxyl groups is 3. The first-order valence-corrected chi connectivity index (χ1v) is 7.15. The molecule has 2 aromatic heterocycles. The molecule has 1 aliphatic heterocycles. The molecule has 1 saturated heterocycles. The van der Waals surface area contributed by atoms with Crippen molar-refractivity contribution in [2.24, 2.45) is 0 Å². The van der Waals surface area contributed by atoms with Gasteiger partial charge in [-0.05, 0) is 0 Å². The Hall–Kier alpha value is -2.34. The van der Waals surface area contributed by atoms with Crippen molar-refractivity contribution in [1.82, 2.24) is 19.5 Å². The predicted octanol–water partition coefficient (Wildman–Crippen LogP) is -1.60. The number of carbonyl (C=O) groups excluding carboxylic acids is 1. The molecule has 24 heavy (non-hydrogen) atoms.